The molecule has 3 saturated heterocycles. The van der Waals surface area contributed by atoms with Crippen molar-refractivity contribution in [2.75, 3.05) is 0 Å². The van der Waals surface area contributed by atoms with Gasteiger partial charge in [-0.1, -0.05) is 23.3 Å². The minimum atomic E-state index is -2.01. The van der Waals surface area contributed by atoms with Gasteiger partial charge in [0.1, 0.15) is 12.2 Å². The molecular weight excluding hydrogens is 464 g/mol. The molecule has 0 aromatic heterocycles. The fourth-order valence-electron chi connectivity index (χ4n) is 8.08. The van der Waals surface area contributed by atoms with E-state index < -0.39 is 58.4 Å². The Balaban J connectivity index is 1.42. The van der Waals surface area contributed by atoms with Gasteiger partial charge in [-0.25, -0.2) is 9.59 Å². The molecule has 8 heteroatoms. The molecular formula is C28H34O8. The summed E-state index contributed by atoms with van der Waals surface area (Å²) in [6.07, 6.45) is 5.71. The van der Waals surface area contributed by atoms with E-state index in [0.29, 0.717) is 31.3 Å². The third kappa shape index (κ3) is 2.78. The summed E-state index contributed by atoms with van der Waals surface area (Å²) in [5, 5.41) is 23.4. The number of hydrogen-bond acceptors (Lipinski definition) is 8. The number of fused-ring (bicyclic) bond motifs is 5. The molecule has 4 aliphatic heterocycles. The van der Waals surface area contributed by atoms with Gasteiger partial charge in [0.25, 0.3) is 0 Å². The first-order valence-electron chi connectivity index (χ1n) is 13.0. The lowest BCUT2D eigenvalue weighted by molar-refractivity contribution is -0.357. The average Bonchev–Trinajstić information content (AvgIpc) is 2.95. The van der Waals surface area contributed by atoms with E-state index in [1.54, 1.807) is 19.9 Å². The molecule has 2 N–H and O–H groups in total. The fourth-order valence-corrected chi connectivity index (χ4v) is 8.08. The van der Waals surface area contributed by atoms with Crippen LogP contribution in [0.25, 0.3) is 0 Å². The minimum absolute atomic E-state index is 0.0242. The SMILES string of the molecule is CC1=C(C)C(=O)O[C@@H]([C@]2(C)OC(=O)[C@]34CC[C@H]5[C@@H](CC=C6CC=CC(=O)[C@@]65C)[C@@](O)(O3)[C@@H](O)C[C@H]24)C1. The van der Waals surface area contributed by atoms with E-state index in [2.05, 4.69) is 0 Å². The van der Waals surface area contributed by atoms with Crippen molar-refractivity contribution in [1.29, 1.82) is 0 Å². The maximum absolute atomic E-state index is 13.7. The molecule has 0 aromatic rings. The Bertz CT molecular complexity index is 1170. The summed E-state index contributed by atoms with van der Waals surface area (Å²) >= 11 is 0. The van der Waals surface area contributed by atoms with Gasteiger partial charge in [-0.05, 0) is 71.8 Å². The molecule has 4 heterocycles. The predicted molar refractivity (Wildman–Crippen MR) is 126 cm³/mol. The topological polar surface area (TPSA) is 119 Å². The van der Waals surface area contributed by atoms with Gasteiger partial charge in [0.15, 0.2) is 22.8 Å². The summed E-state index contributed by atoms with van der Waals surface area (Å²) < 4.78 is 18.1. The van der Waals surface area contributed by atoms with Gasteiger partial charge < -0.3 is 24.4 Å². The lowest BCUT2D eigenvalue weighted by Gasteiger charge is -2.54. The zero-order valence-electron chi connectivity index (χ0n) is 21.2. The molecule has 6 rings (SSSR count). The first-order valence-corrected chi connectivity index (χ1v) is 13.0. The number of aliphatic hydroxyl groups excluding tert-OH is 1. The highest BCUT2D eigenvalue weighted by molar-refractivity contribution is 5.98. The summed E-state index contributed by atoms with van der Waals surface area (Å²) in [6.45, 7) is 7.23. The van der Waals surface area contributed by atoms with Crippen molar-refractivity contribution in [2.45, 2.75) is 95.4 Å². The highest BCUT2D eigenvalue weighted by Gasteiger charge is 2.75. The largest absolute Gasteiger partial charge is 0.454 e. The van der Waals surface area contributed by atoms with Crippen molar-refractivity contribution >= 4 is 17.7 Å². The van der Waals surface area contributed by atoms with Crippen LogP contribution in [0.5, 0.6) is 0 Å². The number of rotatable bonds is 1. The van der Waals surface area contributed by atoms with Crippen LogP contribution in [0, 0.1) is 23.2 Å². The molecule has 0 amide bonds. The van der Waals surface area contributed by atoms with Crippen LogP contribution in [0.3, 0.4) is 0 Å². The monoisotopic (exact) mass is 498 g/mol. The second-order valence-electron chi connectivity index (χ2n) is 12.0. The molecule has 0 aromatic carbocycles. The maximum Gasteiger partial charge on any atom is 0.339 e. The molecule has 0 saturated carbocycles. The van der Waals surface area contributed by atoms with Gasteiger partial charge in [0.05, 0.1) is 5.41 Å². The first-order chi connectivity index (χ1) is 16.9. The Morgan fingerprint density at radius 1 is 1.11 bits per heavy atom. The molecule has 3 fully saturated rings. The van der Waals surface area contributed by atoms with Crippen LogP contribution in [-0.4, -0.2) is 57.1 Å². The average molecular weight is 499 g/mol. The summed E-state index contributed by atoms with van der Waals surface area (Å²) in [5.41, 5.74) is -1.13. The van der Waals surface area contributed by atoms with E-state index in [-0.39, 0.29) is 24.5 Å². The minimum Gasteiger partial charge on any atom is -0.454 e. The number of hydrogen-bond donors (Lipinski definition) is 2. The van der Waals surface area contributed by atoms with Gasteiger partial charge in [-0.3, -0.25) is 4.79 Å². The van der Waals surface area contributed by atoms with Crippen molar-refractivity contribution in [3.63, 3.8) is 0 Å². The van der Waals surface area contributed by atoms with Crippen LogP contribution < -0.4 is 0 Å². The predicted octanol–water partition coefficient (Wildman–Crippen LogP) is 2.67. The van der Waals surface area contributed by atoms with Crippen LogP contribution in [0.4, 0.5) is 0 Å². The Morgan fingerprint density at radius 2 is 1.86 bits per heavy atom. The summed E-state index contributed by atoms with van der Waals surface area (Å²) in [5.74, 6) is -4.60. The summed E-state index contributed by atoms with van der Waals surface area (Å²) in [6, 6.07) is 0. The number of ether oxygens (including phenoxy) is 3. The molecule has 9 atom stereocenters. The second kappa shape index (κ2) is 7.39. The smallest absolute Gasteiger partial charge is 0.339 e. The number of cyclic esters (lactones) is 2. The lowest BCUT2D eigenvalue weighted by atomic mass is 9.55. The molecule has 2 bridgehead atoms. The third-order valence-corrected chi connectivity index (χ3v) is 10.5. The van der Waals surface area contributed by atoms with E-state index in [9.17, 15) is 24.6 Å². The number of allylic oxidation sites excluding steroid dienone is 4. The summed E-state index contributed by atoms with van der Waals surface area (Å²) in [4.78, 5) is 39.4. The Morgan fingerprint density at radius 3 is 2.58 bits per heavy atom. The molecule has 0 unspecified atom stereocenters. The van der Waals surface area contributed by atoms with E-state index in [1.807, 2.05) is 26.0 Å². The van der Waals surface area contributed by atoms with Crippen molar-refractivity contribution in [3.05, 3.63) is 34.9 Å². The van der Waals surface area contributed by atoms with Gasteiger partial charge in [0.2, 0.25) is 0 Å². The summed E-state index contributed by atoms with van der Waals surface area (Å²) in [7, 11) is 0. The quantitative estimate of drug-likeness (QED) is 0.418. The van der Waals surface area contributed by atoms with E-state index in [1.165, 1.54) is 0 Å². The van der Waals surface area contributed by atoms with E-state index in [4.69, 9.17) is 14.2 Å². The molecule has 1 spiro atoms. The Labute approximate surface area is 210 Å². The highest BCUT2D eigenvalue weighted by Crippen LogP contribution is 2.63. The number of esters is 2. The van der Waals surface area contributed by atoms with Crippen LogP contribution in [0.15, 0.2) is 34.9 Å². The van der Waals surface area contributed by atoms with Crippen LogP contribution in [-0.2, 0) is 28.6 Å². The fraction of sp³-hybridized carbons (Fsp3) is 0.679. The van der Waals surface area contributed by atoms with Gasteiger partial charge in [0, 0.05) is 23.8 Å². The van der Waals surface area contributed by atoms with Gasteiger partial charge >= 0.3 is 11.9 Å². The Hall–Kier alpha value is -2.29. The number of ketones is 1. The number of carbonyl (C=O) groups is 3. The zero-order chi connectivity index (χ0) is 25.8. The molecule has 2 aliphatic carbocycles. The van der Waals surface area contributed by atoms with Crippen molar-refractivity contribution in [1.82, 2.24) is 0 Å². The first kappa shape index (κ1) is 24.1. The molecule has 6 aliphatic rings. The highest BCUT2D eigenvalue weighted by atomic mass is 16.7. The molecule has 36 heavy (non-hydrogen) atoms. The van der Waals surface area contributed by atoms with Gasteiger partial charge in [-0.2, -0.15) is 0 Å². The van der Waals surface area contributed by atoms with Crippen molar-refractivity contribution < 1.29 is 38.8 Å². The molecule has 8 nitrogen and oxygen atoms in total. The Kier molecular flexibility index (Phi) is 4.94. The normalized spacial score (nSPS) is 49.9. The maximum atomic E-state index is 13.7. The van der Waals surface area contributed by atoms with Crippen LogP contribution in [0.2, 0.25) is 0 Å². The molecule has 194 valence electrons. The third-order valence-electron chi connectivity index (χ3n) is 10.5. The molecule has 0 radical (unpaired) electrons. The van der Waals surface area contributed by atoms with E-state index in [0.717, 1.165) is 11.1 Å². The number of aliphatic hydroxyl groups is 2. The second-order valence-corrected chi connectivity index (χ2v) is 12.0. The van der Waals surface area contributed by atoms with Crippen molar-refractivity contribution in [3.8, 4) is 0 Å². The van der Waals surface area contributed by atoms with Crippen molar-refractivity contribution in [2.24, 2.45) is 23.2 Å². The van der Waals surface area contributed by atoms with E-state index >= 15 is 0 Å². The zero-order valence-corrected chi connectivity index (χ0v) is 21.2. The van der Waals surface area contributed by atoms with Crippen LogP contribution in [0.1, 0.15) is 66.2 Å². The van der Waals surface area contributed by atoms with Gasteiger partial charge in [-0.15, -0.1) is 0 Å². The van der Waals surface area contributed by atoms with Crippen LogP contribution >= 0.6 is 0 Å². The standard InChI is InChI=1S/C28H34O8/c1-14-12-22(34-23(31)15(14)2)26(4)19-13-21(30)28(33)18-9-8-16-6-5-7-20(29)25(16,3)17(18)10-11-27(19,36-28)24(32)35-26/h5,7-8,17-19,21-22,30,33H,6,9-13H2,1-4H3/t17-,18+,19+,21-,22+,25-,26+,27+,28+/m0/s1. The number of carbonyl (C=O) groups excluding carboxylic acids is 3. The lowest BCUT2D eigenvalue weighted by Crippen LogP contribution is -2.67.